The van der Waals surface area contributed by atoms with E-state index in [0.29, 0.717) is 9.39 Å². The molecule has 11 heteroatoms. The SMILES string of the molecule is CCOC(=O)C(Cc1[nH]c(N)nc1I)NC(=O)C(F)(F)F. The Labute approximate surface area is 130 Å². The van der Waals surface area contributed by atoms with E-state index in [-0.39, 0.29) is 19.0 Å². The Balaban J connectivity index is 2.90. The average molecular weight is 420 g/mol. The van der Waals surface area contributed by atoms with Crippen LogP contribution in [0.4, 0.5) is 19.1 Å². The predicted molar refractivity (Wildman–Crippen MR) is 74.0 cm³/mol. The Morgan fingerprint density at radius 2 is 2.14 bits per heavy atom. The van der Waals surface area contributed by atoms with Crippen molar-refractivity contribution < 1.29 is 27.5 Å². The van der Waals surface area contributed by atoms with Crippen molar-refractivity contribution in [1.82, 2.24) is 15.3 Å². The molecule has 0 spiro atoms. The van der Waals surface area contributed by atoms with E-state index in [0.717, 1.165) is 0 Å². The van der Waals surface area contributed by atoms with Gasteiger partial charge in [0.25, 0.3) is 0 Å². The predicted octanol–water partition coefficient (Wildman–Crippen LogP) is 0.749. The maximum Gasteiger partial charge on any atom is 0.471 e. The monoisotopic (exact) mass is 420 g/mol. The molecule has 0 radical (unpaired) electrons. The molecule has 0 saturated heterocycles. The third kappa shape index (κ3) is 5.06. The van der Waals surface area contributed by atoms with Crippen molar-refractivity contribution in [2.45, 2.75) is 25.6 Å². The maximum absolute atomic E-state index is 12.3. The second-order valence-electron chi connectivity index (χ2n) is 3.87. The smallest absolute Gasteiger partial charge is 0.464 e. The Kier molecular flexibility index (Phi) is 5.80. The van der Waals surface area contributed by atoms with E-state index in [9.17, 15) is 22.8 Å². The quantitative estimate of drug-likeness (QED) is 0.481. The second-order valence-corrected chi connectivity index (χ2v) is 4.89. The number of aromatic amines is 1. The summed E-state index contributed by atoms with van der Waals surface area (Å²) in [5.74, 6) is -3.14. The van der Waals surface area contributed by atoms with Crippen molar-refractivity contribution in [2.75, 3.05) is 12.3 Å². The largest absolute Gasteiger partial charge is 0.471 e. The Bertz CT molecular complexity index is 532. The summed E-state index contributed by atoms with van der Waals surface area (Å²) >= 11 is 1.80. The Hall–Kier alpha value is -1.53. The van der Waals surface area contributed by atoms with E-state index in [2.05, 4.69) is 14.7 Å². The first-order chi connectivity index (χ1) is 9.65. The number of esters is 1. The number of carbonyl (C=O) groups is 2. The van der Waals surface area contributed by atoms with Gasteiger partial charge in [-0.2, -0.15) is 13.2 Å². The molecule has 0 aromatic carbocycles. The van der Waals surface area contributed by atoms with Crippen LogP contribution in [-0.2, 0) is 20.7 Å². The highest BCUT2D eigenvalue weighted by Gasteiger charge is 2.41. The number of halogens is 4. The molecular weight excluding hydrogens is 408 g/mol. The Morgan fingerprint density at radius 1 is 1.52 bits per heavy atom. The second kappa shape index (κ2) is 6.95. The first-order valence-electron chi connectivity index (χ1n) is 5.69. The van der Waals surface area contributed by atoms with Crippen molar-refractivity contribution in [1.29, 1.82) is 0 Å². The molecule has 4 N–H and O–H groups in total. The Morgan fingerprint density at radius 3 is 2.57 bits per heavy atom. The fraction of sp³-hybridized carbons (Fsp3) is 0.500. The van der Waals surface area contributed by atoms with Crippen LogP contribution >= 0.6 is 22.6 Å². The zero-order valence-corrected chi connectivity index (χ0v) is 12.9. The molecule has 1 amide bonds. The van der Waals surface area contributed by atoms with Gasteiger partial charge in [0.2, 0.25) is 0 Å². The standard InChI is InChI=1S/C10H12F3IN4O3/c1-2-21-7(19)5(16-8(20)10(11,12)13)3-4-6(14)18-9(15)17-4/h5H,2-3H2,1H3,(H,16,20)(H3,15,17,18). The van der Waals surface area contributed by atoms with Crippen molar-refractivity contribution in [3.63, 3.8) is 0 Å². The number of rotatable bonds is 5. The maximum atomic E-state index is 12.3. The molecular formula is C10H12F3IN4O3. The number of anilines is 1. The van der Waals surface area contributed by atoms with Gasteiger partial charge in [-0.15, -0.1) is 0 Å². The number of alkyl halides is 3. The average Bonchev–Trinajstić information content (AvgIpc) is 2.66. The number of nitrogens with zero attached hydrogens (tertiary/aromatic N) is 1. The number of nitrogens with two attached hydrogens (primary N) is 1. The highest BCUT2D eigenvalue weighted by molar-refractivity contribution is 14.1. The highest BCUT2D eigenvalue weighted by Crippen LogP contribution is 2.17. The number of ether oxygens (including phenoxy) is 1. The van der Waals surface area contributed by atoms with Gasteiger partial charge in [0, 0.05) is 6.42 Å². The summed E-state index contributed by atoms with van der Waals surface area (Å²) in [6, 6.07) is -1.49. The highest BCUT2D eigenvalue weighted by atomic mass is 127. The molecule has 0 aliphatic carbocycles. The van der Waals surface area contributed by atoms with Crippen molar-refractivity contribution in [3.05, 3.63) is 9.39 Å². The summed E-state index contributed by atoms with van der Waals surface area (Å²) in [6.07, 6.45) is -5.34. The number of nitrogen functional groups attached to an aromatic ring is 1. The van der Waals surface area contributed by atoms with Crippen LogP contribution in [0.15, 0.2) is 0 Å². The van der Waals surface area contributed by atoms with Crippen LogP contribution in [-0.4, -0.2) is 40.7 Å². The van der Waals surface area contributed by atoms with E-state index in [4.69, 9.17) is 5.73 Å². The summed E-state index contributed by atoms with van der Waals surface area (Å²) in [6.45, 7) is 1.47. The summed E-state index contributed by atoms with van der Waals surface area (Å²) in [5, 5.41) is 1.60. The molecule has 0 fully saturated rings. The third-order valence-electron chi connectivity index (χ3n) is 2.29. The molecule has 1 heterocycles. The lowest BCUT2D eigenvalue weighted by molar-refractivity contribution is -0.175. The molecule has 1 aromatic heterocycles. The summed E-state index contributed by atoms with van der Waals surface area (Å²) in [7, 11) is 0. The van der Waals surface area contributed by atoms with Gasteiger partial charge in [0.05, 0.1) is 12.3 Å². The number of nitrogens with one attached hydrogen (secondary N) is 2. The topological polar surface area (TPSA) is 110 Å². The summed E-state index contributed by atoms with van der Waals surface area (Å²) in [5.41, 5.74) is 5.73. The van der Waals surface area contributed by atoms with E-state index in [1.165, 1.54) is 6.92 Å². The van der Waals surface area contributed by atoms with Crippen molar-refractivity contribution in [3.8, 4) is 0 Å². The van der Waals surface area contributed by atoms with Gasteiger partial charge in [0.15, 0.2) is 5.95 Å². The number of H-pyrrole nitrogens is 1. The number of hydrogen-bond donors (Lipinski definition) is 3. The fourth-order valence-corrected chi connectivity index (χ4v) is 2.04. The first kappa shape index (κ1) is 17.5. The number of amides is 1. The van der Waals surface area contributed by atoms with Gasteiger partial charge in [-0.3, -0.25) is 4.79 Å². The molecule has 1 aromatic rings. The molecule has 1 rings (SSSR count). The molecule has 0 saturated carbocycles. The minimum absolute atomic E-state index is 0.0283. The number of imidazole rings is 1. The lowest BCUT2D eigenvalue weighted by Crippen LogP contribution is -2.48. The normalized spacial score (nSPS) is 12.8. The first-order valence-corrected chi connectivity index (χ1v) is 6.77. The fourth-order valence-electron chi connectivity index (χ4n) is 1.42. The van der Waals surface area contributed by atoms with Crippen LogP contribution in [0.25, 0.3) is 0 Å². The van der Waals surface area contributed by atoms with E-state index in [1.54, 1.807) is 27.9 Å². The molecule has 1 atom stereocenters. The minimum Gasteiger partial charge on any atom is -0.464 e. The van der Waals surface area contributed by atoms with Gasteiger partial charge in [0.1, 0.15) is 9.74 Å². The van der Waals surface area contributed by atoms with Crippen molar-refractivity contribution in [2.24, 2.45) is 0 Å². The van der Waals surface area contributed by atoms with Gasteiger partial charge in [-0.05, 0) is 29.5 Å². The van der Waals surface area contributed by atoms with Gasteiger partial charge >= 0.3 is 18.1 Å². The third-order valence-corrected chi connectivity index (χ3v) is 3.18. The molecule has 0 aliphatic heterocycles. The number of hydrogen-bond acceptors (Lipinski definition) is 5. The molecule has 0 aliphatic rings. The molecule has 21 heavy (non-hydrogen) atoms. The molecule has 118 valence electrons. The van der Waals surface area contributed by atoms with Crippen LogP contribution in [0.2, 0.25) is 0 Å². The van der Waals surface area contributed by atoms with Gasteiger partial charge < -0.3 is 20.8 Å². The zero-order chi connectivity index (χ0) is 16.2. The van der Waals surface area contributed by atoms with Crippen LogP contribution in [0.5, 0.6) is 0 Å². The van der Waals surface area contributed by atoms with E-state index in [1.807, 2.05) is 0 Å². The van der Waals surface area contributed by atoms with Gasteiger partial charge in [-0.1, -0.05) is 0 Å². The van der Waals surface area contributed by atoms with Crippen LogP contribution in [0.3, 0.4) is 0 Å². The van der Waals surface area contributed by atoms with Crippen LogP contribution in [0, 0.1) is 3.70 Å². The number of aromatic nitrogens is 2. The lowest BCUT2D eigenvalue weighted by Gasteiger charge is -2.17. The van der Waals surface area contributed by atoms with E-state index >= 15 is 0 Å². The molecule has 1 unspecified atom stereocenters. The summed E-state index contributed by atoms with van der Waals surface area (Å²) < 4.78 is 41.9. The molecule has 7 nitrogen and oxygen atoms in total. The van der Waals surface area contributed by atoms with Crippen LogP contribution < -0.4 is 11.1 Å². The van der Waals surface area contributed by atoms with Gasteiger partial charge in [-0.25, -0.2) is 9.78 Å². The van der Waals surface area contributed by atoms with E-state index < -0.39 is 24.1 Å². The lowest BCUT2D eigenvalue weighted by atomic mass is 10.1. The zero-order valence-electron chi connectivity index (χ0n) is 10.8. The molecule has 0 bridgehead atoms. The van der Waals surface area contributed by atoms with Crippen molar-refractivity contribution >= 4 is 40.4 Å². The van der Waals surface area contributed by atoms with Crippen LogP contribution in [0.1, 0.15) is 12.6 Å². The summed E-state index contributed by atoms with van der Waals surface area (Å²) in [4.78, 5) is 29.0. The number of carbonyl (C=O) groups excluding carboxylic acids is 2. The minimum atomic E-state index is -5.09.